The molecule has 3 aromatic rings. The number of quaternary nitrogens is 1. The number of nitrogens with one attached hydrogen (secondary N) is 2. The topological polar surface area (TPSA) is 85.3 Å². The number of hydrogen-bond donors (Lipinski definition) is 3. The molecule has 1 aromatic carbocycles. The Balaban J connectivity index is 1.42. The third-order valence-corrected chi connectivity index (χ3v) is 6.64. The van der Waals surface area contributed by atoms with E-state index in [1.807, 2.05) is 30.3 Å². The number of nitrogens with zero attached hydrogens (tertiary/aromatic N) is 2. The van der Waals surface area contributed by atoms with Crippen LogP contribution in [0.25, 0.3) is 10.2 Å². The summed E-state index contributed by atoms with van der Waals surface area (Å²) >= 11 is 3.03. The molecule has 2 aromatic heterocycles. The maximum Gasteiger partial charge on any atom is 0.230 e. The highest BCUT2D eigenvalue weighted by Crippen LogP contribution is 2.35. The van der Waals surface area contributed by atoms with Gasteiger partial charge in [-0.05, 0) is 11.1 Å². The van der Waals surface area contributed by atoms with Crippen LogP contribution in [0, 0.1) is 0 Å². The van der Waals surface area contributed by atoms with E-state index in [0.717, 1.165) is 35.3 Å². The molecule has 27 heavy (non-hydrogen) atoms. The number of nitrogen functional groups attached to an aromatic ring is 1. The number of amides is 1. The predicted molar refractivity (Wildman–Crippen MR) is 110 cm³/mol. The Morgan fingerprint density at radius 2 is 2.15 bits per heavy atom. The standard InChI is InChI=1S/C19H21N5OS2/c1-24-8-7-13-14(10-24)27-18-16(13)17(20)22-19(23-18)26-11-15(25)21-9-12-5-3-2-4-6-12/h2-6H,7-11H2,1H3,(H,21,25)(H2,20,22,23)/p+1. The van der Waals surface area contributed by atoms with E-state index >= 15 is 0 Å². The first-order valence-corrected chi connectivity index (χ1v) is 10.7. The summed E-state index contributed by atoms with van der Waals surface area (Å²) in [5, 5.41) is 4.50. The molecule has 0 saturated heterocycles. The molecule has 8 heteroatoms. The van der Waals surface area contributed by atoms with Crippen molar-refractivity contribution in [1.29, 1.82) is 0 Å². The third-order valence-electron chi connectivity index (χ3n) is 4.67. The summed E-state index contributed by atoms with van der Waals surface area (Å²) in [7, 11) is 2.21. The fourth-order valence-corrected chi connectivity index (χ4v) is 5.34. The van der Waals surface area contributed by atoms with Crippen molar-refractivity contribution in [3.05, 3.63) is 46.3 Å². The average Bonchev–Trinajstić information content (AvgIpc) is 3.03. The summed E-state index contributed by atoms with van der Waals surface area (Å²) in [5.41, 5.74) is 8.63. The molecule has 4 rings (SSSR count). The summed E-state index contributed by atoms with van der Waals surface area (Å²) in [6.07, 6.45) is 1.02. The van der Waals surface area contributed by atoms with Crippen molar-refractivity contribution in [2.45, 2.75) is 24.7 Å². The van der Waals surface area contributed by atoms with Gasteiger partial charge in [0, 0.05) is 13.0 Å². The molecule has 6 nitrogen and oxygen atoms in total. The number of carbonyl (C=O) groups is 1. The molecule has 1 unspecified atom stereocenters. The van der Waals surface area contributed by atoms with Gasteiger partial charge in [0.1, 0.15) is 17.2 Å². The summed E-state index contributed by atoms with van der Waals surface area (Å²) < 4.78 is 0. The van der Waals surface area contributed by atoms with Crippen molar-refractivity contribution in [1.82, 2.24) is 15.3 Å². The number of anilines is 1. The lowest BCUT2D eigenvalue weighted by molar-refractivity contribution is -0.895. The molecular formula is C19H22N5OS2+. The minimum atomic E-state index is -0.0400. The Morgan fingerprint density at radius 1 is 1.33 bits per heavy atom. The third kappa shape index (κ3) is 4.07. The summed E-state index contributed by atoms with van der Waals surface area (Å²) in [6.45, 7) is 2.65. The van der Waals surface area contributed by atoms with Crippen LogP contribution in [0.3, 0.4) is 0 Å². The van der Waals surface area contributed by atoms with E-state index in [1.165, 1.54) is 27.1 Å². The first-order valence-electron chi connectivity index (χ1n) is 8.92. The van der Waals surface area contributed by atoms with Crippen molar-refractivity contribution in [2.24, 2.45) is 0 Å². The first kappa shape index (κ1) is 18.2. The van der Waals surface area contributed by atoms with Gasteiger partial charge in [0.15, 0.2) is 5.16 Å². The Hall–Kier alpha value is -2.16. The van der Waals surface area contributed by atoms with E-state index in [4.69, 9.17) is 5.73 Å². The first-order chi connectivity index (χ1) is 13.1. The molecule has 0 bridgehead atoms. The number of fused-ring (bicyclic) bond motifs is 3. The van der Waals surface area contributed by atoms with Crippen LogP contribution < -0.4 is 16.0 Å². The lowest BCUT2D eigenvalue weighted by Crippen LogP contribution is -3.08. The van der Waals surface area contributed by atoms with Gasteiger partial charge in [-0.15, -0.1) is 11.3 Å². The molecule has 0 spiro atoms. The molecule has 1 aliphatic rings. The molecule has 0 radical (unpaired) electrons. The van der Waals surface area contributed by atoms with Crippen LogP contribution in [-0.2, 0) is 24.3 Å². The van der Waals surface area contributed by atoms with Crippen molar-refractivity contribution in [3.8, 4) is 0 Å². The van der Waals surface area contributed by atoms with Crippen LogP contribution >= 0.6 is 23.1 Å². The zero-order valence-corrected chi connectivity index (χ0v) is 16.8. The van der Waals surface area contributed by atoms with Crippen molar-refractivity contribution < 1.29 is 9.69 Å². The number of aromatic nitrogens is 2. The Morgan fingerprint density at radius 3 is 2.96 bits per heavy atom. The highest BCUT2D eigenvalue weighted by atomic mass is 32.2. The number of likely N-dealkylation sites (N-methyl/N-ethyl adjacent to an activating group) is 1. The quantitative estimate of drug-likeness (QED) is 0.443. The van der Waals surface area contributed by atoms with Crippen LogP contribution in [0.2, 0.25) is 0 Å². The predicted octanol–water partition coefficient (Wildman–Crippen LogP) is 1.25. The van der Waals surface area contributed by atoms with E-state index in [-0.39, 0.29) is 11.7 Å². The van der Waals surface area contributed by atoms with E-state index < -0.39 is 0 Å². The van der Waals surface area contributed by atoms with E-state index in [1.54, 1.807) is 11.3 Å². The second kappa shape index (κ2) is 7.84. The second-order valence-electron chi connectivity index (χ2n) is 6.76. The van der Waals surface area contributed by atoms with E-state index in [0.29, 0.717) is 17.5 Å². The van der Waals surface area contributed by atoms with Gasteiger partial charge in [-0.25, -0.2) is 9.97 Å². The lowest BCUT2D eigenvalue weighted by Gasteiger charge is -2.19. The zero-order chi connectivity index (χ0) is 18.8. The van der Waals surface area contributed by atoms with Crippen LogP contribution in [0.4, 0.5) is 5.82 Å². The number of rotatable bonds is 5. The summed E-state index contributed by atoms with van der Waals surface area (Å²) in [6, 6.07) is 9.86. The molecule has 1 aliphatic heterocycles. The smallest absolute Gasteiger partial charge is 0.230 e. The van der Waals surface area contributed by atoms with Gasteiger partial charge >= 0.3 is 0 Å². The van der Waals surface area contributed by atoms with Crippen molar-refractivity contribution in [2.75, 3.05) is 25.1 Å². The van der Waals surface area contributed by atoms with Gasteiger partial charge in [-0.2, -0.15) is 0 Å². The van der Waals surface area contributed by atoms with Crippen LogP contribution in [-0.4, -0.2) is 35.2 Å². The van der Waals surface area contributed by atoms with Gasteiger partial charge in [0.25, 0.3) is 0 Å². The maximum atomic E-state index is 12.1. The normalized spacial score (nSPS) is 16.3. The van der Waals surface area contributed by atoms with Crippen molar-refractivity contribution >= 4 is 45.0 Å². The Bertz CT molecular complexity index is 973. The molecule has 0 fully saturated rings. The van der Waals surface area contributed by atoms with Gasteiger partial charge in [-0.3, -0.25) is 4.79 Å². The minimum absolute atomic E-state index is 0.0400. The number of benzene rings is 1. The molecule has 1 amide bonds. The van der Waals surface area contributed by atoms with Crippen LogP contribution in [0.5, 0.6) is 0 Å². The highest BCUT2D eigenvalue weighted by Gasteiger charge is 2.24. The summed E-state index contributed by atoms with van der Waals surface area (Å²) in [4.78, 5) is 25.0. The van der Waals surface area contributed by atoms with Crippen LogP contribution in [0.15, 0.2) is 35.5 Å². The van der Waals surface area contributed by atoms with E-state index in [9.17, 15) is 4.79 Å². The molecule has 140 valence electrons. The largest absolute Gasteiger partial charge is 0.383 e. The van der Waals surface area contributed by atoms with Gasteiger partial charge in [0.05, 0.1) is 29.6 Å². The number of thiophene rings is 1. The molecule has 4 N–H and O–H groups in total. The number of hydrogen-bond acceptors (Lipinski definition) is 6. The highest BCUT2D eigenvalue weighted by molar-refractivity contribution is 7.99. The number of carbonyl (C=O) groups excluding carboxylic acids is 1. The molecular weight excluding hydrogens is 378 g/mol. The van der Waals surface area contributed by atoms with Crippen molar-refractivity contribution in [3.63, 3.8) is 0 Å². The SMILES string of the molecule is C[NH+]1CCc2c(sc3nc(SCC(=O)NCc4ccccc4)nc(N)c23)C1. The average molecular weight is 401 g/mol. The molecule has 0 saturated carbocycles. The number of thioether (sulfide) groups is 1. The minimum Gasteiger partial charge on any atom is -0.383 e. The fraction of sp³-hybridized carbons (Fsp3) is 0.316. The monoisotopic (exact) mass is 400 g/mol. The second-order valence-corrected chi connectivity index (χ2v) is 8.79. The van der Waals surface area contributed by atoms with Crippen LogP contribution in [0.1, 0.15) is 16.0 Å². The fourth-order valence-electron chi connectivity index (χ4n) is 3.26. The Kier molecular flexibility index (Phi) is 5.29. The van der Waals surface area contributed by atoms with E-state index in [2.05, 4.69) is 22.3 Å². The van der Waals surface area contributed by atoms with Gasteiger partial charge in [-0.1, -0.05) is 42.1 Å². The lowest BCUT2D eigenvalue weighted by atomic mass is 10.1. The Labute approximate surface area is 166 Å². The molecule has 1 atom stereocenters. The molecule has 0 aliphatic carbocycles. The number of nitrogens with two attached hydrogens (primary N) is 1. The maximum absolute atomic E-state index is 12.1. The van der Waals surface area contributed by atoms with Gasteiger partial charge in [0.2, 0.25) is 5.91 Å². The van der Waals surface area contributed by atoms with Gasteiger partial charge < -0.3 is 16.0 Å². The summed E-state index contributed by atoms with van der Waals surface area (Å²) in [5.74, 6) is 0.765. The molecule has 3 heterocycles. The zero-order valence-electron chi connectivity index (χ0n) is 15.1.